The standard InChI is InChI=1S/C17H22N2O/c1-5-20-16-9-7-6-8-13(16)15-11-10-14(12(2)19-15)17(3,4)18/h6-11H,5,18H2,1-4H3. The SMILES string of the molecule is CCOc1ccccc1-c1ccc(C(C)(C)N)c(C)n1. The maximum atomic E-state index is 6.16. The highest BCUT2D eigenvalue weighted by atomic mass is 16.5. The molecule has 0 aliphatic heterocycles. The van der Waals surface area contributed by atoms with Crippen molar-refractivity contribution < 1.29 is 4.74 Å². The zero-order valence-electron chi connectivity index (χ0n) is 12.6. The lowest BCUT2D eigenvalue weighted by Gasteiger charge is -2.21. The summed E-state index contributed by atoms with van der Waals surface area (Å²) in [5, 5.41) is 0. The zero-order chi connectivity index (χ0) is 14.8. The summed E-state index contributed by atoms with van der Waals surface area (Å²) in [6.07, 6.45) is 0. The Morgan fingerprint density at radius 3 is 2.45 bits per heavy atom. The second-order valence-corrected chi connectivity index (χ2v) is 5.48. The van der Waals surface area contributed by atoms with Gasteiger partial charge in [0.15, 0.2) is 0 Å². The first-order chi connectivity index (χ1) is 9.43. The van der Waals surface area contributed by atoms with Crippen LogP contribution in [0.3, 0.4) is 0 Å². The van der Waals surface area contributed by atoms with Crippen molar-refractivity contribution >= 4 is 0 Å². The third-order valence-electron chi connectivity index (χ3n) is 3.24. The fraction of sp³-hybridized carbons (Fsp3) is 0.353. The first-order valence-electron chi connectivity index (χ1n) is 6.92. The number of pyridine rings is 1. The van der Waals surface area contributed by atoms with Crippen molar-refractivity contribution in [2.75, 3.05) is 6.61 Å². The Kier molecular flexibility index (Phi) is 4.09. The third-order valence-corrected chi connectivity index (χ3v) is 3.24. The van der Waals surface area contributed by atoms with Crippen LogP contribution in [0.25, 0.3) is 11.3 Å². The molecule has 20 heavy (non-hydrogen) atoms. The van der Waals surface area contributed by atoms with Gasteiger partial charge in [0.25, 0.3) is 0 Å². The molecule has 0 aliphatic rings. The van der Waals surface area contributed by atoms with Crippen LogP contribution in [-0.2, 0) is 5.54 Å². The average molecular weight is 270 g/mol. The van der Waals surface area contributed by atoms with Gasteiger partial charge in [-0.15, -0.1) is 0 Å². The highest BCUT2D eigenvalue weighted by Crippen LogP contribution is 2.30. The molecule has 0 bridgehead atoms. The molecule has 2 N–H and O–H groups in total. The number of para-hydroxylation sites is 1. The van der Waals surface area contributed by atoms with Gasteiger partial charge in [0.1, 0.15) is 5.75 Å². The molecular formula is C17H22N2O. The van der Waals surface area contributed by atoms with Gasteiger partial charge < -0.3 is 10.5 Å². The first-order valence-corrected chi connectivity index (χ1v) is 6.92. The van der Waals surface area contributed by atoms with E-state index in [2.05, 4.69) is 6.07 Å². The van der Waals surface area contributed by atoms with Gasteiger partial charge in [0, 0.05) is 16.8 Å². The van der Waals surface area contributed by atoms with Crippen LogP contribution in [0.4, 0.5) is 0 Å². The van der Waals surface area contributed by atoms with Crippen molar-refractivity contribution in [2.24, 2.45) is 5.73 Å². The van der Waals surface area contributed by atoms with Crippen molar-refractivity contribution in [3.63, 3.8) is 0 Å². The van der Waals surface area contributed by atoms with Crippen LogP contribution in [-0.4, -0.2) is 11.6 Å². The van der Waals surface area contributed by atoms with Crippen LogP contribution in [0.5, 0.6) is 5.75 Å². The van der Waals surface area contributed by atoms with Crippen molar-refractivity contribution in [3.05, 3.63) is 47.7 Å². The fourth-order valence-electron chi connectivity index (χ4n) is 2.35. The number of hydrogen-bond acceptors (Lipinski definition) is 3. The quantitative estimate of drug-likeness (QED) is 0.922. The molecule has 106 valence electrons. The van der Waals surface area contributed by atoms with E-state index < -0.39 is 0 Å². The molecule has 0 atom stereocenters. The smallest absolute Gasteiger partial charge is 0.128 e. The highest BCUT2D eigenvalue weighted by Gasteiger charge is 2.18. The van der Waals surface area contributed by atoms with E-state index in [-0.39, 0.29) is 5.54 Å². The summed E-state index contributed by atoms with van der Waals surface area (Å²) in [5.74, 6) is 0.863. The summed E-state index contributed by atoms with van der Waals surface area (Å²) >= 11 is 0. The molecule has 0 saturated heterocycles. The molecule has 1 heterocycles. The van der Waals surface area contributed by atoms with Crippen LogP contribution in [0, 0.1) is 6.92 Å². The molecule has 0 radical (unpaired) electrons. The van der Waals surface area contributed by atoms with E-state index in [0.717, 1.165) is 28.3 Å². The maximum Gasteiger partial charge on any atom is 0.128 e. The number of ether oxygens (including phenoxy) is 1. The summed E-state index contributed by atoms with van der Waals surface area (Å²) in [5.41, 5.74) is 9.73. The van der Waals surface area contributed by atoms with Gasteiger partial charge in [-0.3, -0.25) is 4.98 Å². The lowest BCUT2D eigenvalue weighted by atomic mass is 9.93. The van der Waals surface area contributed by atoms with Crippen molar-refractivity contribution in [1.29, 1.82) is 0 Å². The van der Waals surface area contributed by atoms with Crippen LogP contribution < -0.4 is 10.5 Å². The van der Waals surface area contributed by atoms with E-state index >= 15 is 0 Å². The maximum absolute atomic E-state index is 6.16. The van der Waals surface area contributed by atoms with Gasteiger partial charge in [0.05, 0.1) is 12.3 Å². The van der Waals surface area contributed by atoms with Crippen LogP contribution >= 0.6 is 0 Å². The van der Waals surface area contributed by atoms with Crippen LogP contribution in [0.2, 0.25) is 0 Å². The van der Waals surface area contributed by atoms with Crippen LogP contribution in [0.15, 0.2) is 36.4 Å². The second-order valence-electron chi connectivity index (χ2n) is 5.48. The molecule has 0 spiro atoms. The molecule has 2 aromatic rings. The number of hydrogen-bond donors (Lipinski definition) is 1. The van der Waals surface area contributed by atoms with E-state index in [4.69, 9.17) is 15.5 Å². The summed E-state index contributed by atoms with van der Waals surface area (Å²) < 4.78 is 5.66. The monoisotopic (exact) mass is 270 g/mol. The number of nitrogens with two attached hydrogens (primary N) is 1. The molecule has 0 saturated carbocycles. The van der Waals surface area contributed by atoms with Gasteiger partial charge in [-0.05, 0) is 51.5 Å². The number of aryl methyl sites for hydroxylation is 1. The predicted molar refractivity (Wildman–Crippen MR) is 82.8 cm³/mol. The zero-order valence-corrected chi connectivity index (χ0v) is 12.6. The normalized spacial score (nSPS) is 11.4. The Labute approximate surface area is 120 Å². The molecule has 1 aromatic heterocycles. The number of aromatic nitrogens is 1. The molecule has 0 unspecified atom stereocenters. The first kappa shape index (κ1) is 14.5. The van der Waals surface area contributed by atoms with E-state index in [1.165, 1.54) is 0 Å². The summed E-state index contributed by atoms with van der Waals surface area (Å²) in [6, 6.07) is 12.0. The molecule has 0 aliphatic carbocycles. The molecule has 0 amide bonds. The Hall–Kier alpha value is -1.87. The number of benzene rings is 1. The molecule has 2 rings (SSSR count). The minimum Gasteiger partial charge on any atom is -0.493 e. The number of nitrogens with zero attached hydrogens (tertiary/aromatic N) is 1. The van der Waals surface area contributed by atoms with Gasteiger partial charge in [0.2, 0.25) is 0 Å². The Balaban J connectivity index is 2.47. The minimum absolute atomic E-state index is 0.380. The molecule has 1 aromatic carbocycles. The van der Waals surface area contributed by atoms with Gasteiger partial charge >= 0.3 is 0 Å². The topological polar surface area (TPSA) is 48.1 Å². The largest absolute Gasteiger partial charge is 0.493 e. The van der Waals surface area contributed by atoms with Gasteiger partial charge in [-0.1, -0.05) is 18.2 Å². The summed E-state index contributed by atoms with van der Waals surface area (Å²) in [4.78, 5) is 4.69. The van der Waals surface area contributed by atoms with Crippen molar-refractivity contribution in [3.8, 4) is 17.0 Å². The van der Waals surface area contributed by atoms with Crippen LogP contribution in [0.1, 0.15) is 32.0 Å². The van der Waals surface area contributed by atoms with E-state index in [1.807, 2.05) is 58.0 Å². The molecule has 3 nitrogen and oxygen atoms in total. The minimum atomic E-state index is -0.380. The van der Waals surface area contributed by atoms with Crippen molar-refractivity contribution in [2.45, 2.75) is 33.2 Å². The average Bonchev–Trinajstić information content (AvgIpc) is 2.38. The van der Waals surface area contributed by atoms with Gasteiger partial charge in [-0.2, -0.15) is 0 Å². The summed E-state index contributed by atoms with van der Waals surface area (Å²) in [7, 11) is 0. The third kappa shape index (κ3) is 2.99. The van der Waals surface area contributed by atoms with E-state index in [0.29, 0.717) is 6.61 Å². The van der Waals surface area contributed by atoms with Gasteiger partial charge in [-0.25, -0.2) is 0 Å². The molecular weight excluding hydrogens is 248 g/mol. The molecule has 3 heteroatoms. The molecule has 0 fully saturated rings. The van der Waals surface area contributed by atoms with Crippen molar-refractivity contribution in [1.82, 2.24) is 4.98 Å². The van der Waals surface area contributed by atoms with E-state index in [9.17, 15) is 0 Å². The Bertz CT molecular complexity index is 600. The predicted octanol–water partition coefficient (Wildman–Crippen LogP) is 3.65. The Morgan fingerprint density at radius 2 is 1.85 bits per heavy atom. The summed E-state index contributed by atoms with van der Waals surface area (Å²) in [6.45, 7) is 8.60. The number of rotatable bonds is 4. The fourth-order valence-corrected chi connectivity index (χ4v) is 2.35. The lowest BCUT2D eigenvalue weighted by Crippen LogP contribution is -2.29. The Morgan fingerprint density at radius 1 is 1.15 bits per heavy atom. The highest BCUT2D eigenvalue weighted by molar-refractivity contribution is 5.67. The lowest BCUT2D eigenvalue weighted by molar-refractivity contribution is 0.341. The second kappa shape index (κ2) is 5.63. The van der Waals surface area contributed by atoms with E-state index in [1.54, 1.807) is 0 Å².